The van der Waals surface area contributed by atoms with Gasteiger partial charge in [0, 0.05) is 42.5 Å². The second-order valence-corrected chi connectivity index (χ2v) is 6.96. The lowest BCUT2D eigenvalue weighted by Crippen LogP contribution is -2.26. The van der Waals surface area contributed by atoms with Crippen LogP contribution in [0, 0.1) is 0 Å². The Morgan fingerprint density at radius 2 is 2.10 bits per heavy atom. The van der Waals surface area contributed by atoms with E-state index in [0.29, 0.717) is 11.8 Å². The molecule has 0 bridgehead atoms. The maximum Gasteiger partial charge on any atom is 0.255 e. The lowest BCUT2D eigenvalue weighted by molar-refractivity contribution is 0.0781. The number of carbonyl (C=O) groups is 1. The van der Waals surface area contributed by atoms with Gasteiger partial charge in [-0.3, -0.25) is 9.48 Å². The minimum absolute atomic E-state index is 0.0441. The van der Waals surface area contributed by atoms with E-state index in [1.54, 1.807) is 27.5 Å². The molecule has 2 rings (SSSR count). The van der Waals surface area contributed by atoms with E-state index in [1.807, 2.05) is 44.6 Å². The van der Waals surface area contributed by atoms with Gasteiger partial charge in [-0.05, 0) is 12.1 Å². The summed E-state index contributed by atoms with van der Waals surface area (Å²) in [5.74, 6) is 0.0441. The van der Waals surface area contributed by atoms with E-state index in [4.69, 9.17) is 0 Å². The second-order valence-electron chi connectivity index (χ2n) is 5.35. The normalized spacial score (nSPS) is 10.9. The zero-order valence-electron chi connectivity index (χ0n) is 12.9. The number of thioether (sulfide) groups is 1. The Bertz CT molecular complexity index is 621. The molecule has 0 N–H and O–H groups in total. The molecular formula is C16H21N3OS. The first kappa shape index (κ1) is 15.6. The van der Waals surface area contributed by atoms with Crippen LogP contribution in [0.15, 0.2) is 41.6 Å². The van der Waals surface area contributed by atoms with Gasteiger partial charge >= 0.3 is 0 Å². The quantitative estimate of drug-likeness (QED) is 0.796. The van der Waals surface area contributed by atoms with Crippen molar-refractivity contribution in [3.8, 4) is 0 Å². The van der Waals surface area contributed by atoms with Gasteiger partial charge in [0.15, 0.2) is 0 Å². The first-order valence-corrected chi connectivity index (χ1v) is 7.84. The molecule has 112 valence electrons. The summed E-state index contributed by atoms with van der Waals surface area (Å²) in [5.41, 5.74) is 1.80. The minimum atomic E-state index is 0.0441. The molecule has 4 nitrogen and oxygen atoms in total. The van der Waals surface area contributed by atoms with Crippen LogP contribution in [0.1, 0.15) is 29.8 Å². The first-order valence-electron chi connectivity index (χ1n) is 6.96. The molecule has 0 unspecified atom stereocenters. The van der Waals surface area contributed by atoms with Crippen LogP contribution in [0.5, 0.6) is 0 Å². The summed E-state index contributed by atoms with van der Waals surface area (Å²) in [5, 5.41) is 4.58. The molecule has 0 aliphatic heterocycles. The maximum atomic E-state index is 12.6. The molecule has 5 heteroatoms. The Hall–Kier alpha value is -1.75. The number of benzene rings is 1. The Labute approximate surface area is 130 Å². The van der Waals surface area contributed by atoms with Crippen molar-refractivity contribution in [3.05, 3.63) is 47.8 Å². The zero-order chi connectivity index (χ0) is 15.4. The van der Waals surface area contributed by atoms with Gasteiger partial charge in [0.25, 0.3) is 5.91 Å². The van der Waals surface area contributed by atoms with Gasteiger partial charge in [-0.15, -0.1) is 11.8 Å². The van der Waals surface area contributed by atoms with E-state index in [0.717, 1.165) is 16.0 Å². The predicted molar refractivity (Wildman–Crippen MR) is 86.4 cm³/mol. The van der Waals surface area contributed by atoms with Gasteiger partial charge in [0.05, 0.1) is 11.8 Å². The summed E-state index contributed by atoms with van der Waals surface area (Å²) in [7, 11) is 3.70. The number of hydrogen-bond acceptors (Lipinski definition) is 3. The van der Waals surface area contributed by atoms with E-state index >= 15 is 0 Å². The third-order valence-corrected chi connectivity index (χ3v) is 4.09. The van der Waals surface area contributed by atoms with E-state index in [-0.39, 0.29) is 5.91 Å². The van der Waals surface area contributed by atoms with Crippen molar-refractivity contribution in [2.75, 3.05) is 7.05 Å². The molecule has 1 aromatic carbocycles. The van der Waals surface area contributed by atoms with Gasteiger partial charge in [0.1, 0.15) is 0 Å². The van der Waals surface area contributed by atoms with Crippen LogP contribution >= 0.6 is 11.8 Å². The lowest BCUT2D eigenvalue weighted by atomic mass is 10.2. The first-order chi connectivity index (χ1) is 9.97. The van der Waals surface area contributed by atoms with Crippen LogP contribution in [0.4, 0.5) is 0 Å². The van der Waals surface area contributed by atoms with Crippen LogP contribution in [-0.4, -0.2) is 32.9 Å². The fourth-order valence-electron chi connectivity index (χ4n) is 2.10. The van der Waals surface area contributed by atoms with Gasteiger partial charge in [-0.25, -0.2) is 0 Å². The molecule has 1 aromatic heterocycles. The number of nitrogens with zero attached hydrogens (tertiary/aromatic N) is 3. The molecule has 0 saturated carbocycles. The van der Waals surface area contributed by atoms with Gasteiger partial charge in [-0.2, -0.15) is 5.10 Å². The average Bonchev–Trinajstić information content (AvgIpc) is 2.83. The summed E-state index contributed by atoms with van der Waals surface area (Å²) in [6.07, 6.45) is 3.72. The van der Waals surface area contributed by atoms with Crippen LogP contribution in [-0.2, 0) is 13.6 Å². The van der Waals surface area contributed by atoms with Gasteiger partial charge in [-0.1, -0.05) is 26.0 Å². The lowest BCUT2D eigenvalue weighted by Gasteiger charge is -2.18. The molecular weight excluding hydrogens is 282 g/mol. The van der Waals surface area contributed by atoms with Crippen molar-refractivity contribution < 1.29 is 4.79 Å². The summed E-state index contributed by atoms with van der Waals surface area (Å²) >= 11 is 1.72. The van der Waals surface area contributed by atoms with E-state index < -0.39 is 0 Å². The molecule has 0 saturated heterocycles. The number of aromatic nitrogens is 2. The second kappa shape index (κ2) is 6.80. The smallest absolute Gasteiger partial charge is 0.255 e. The largest absolute Gasteiger partial charge is 0.337 e. The molecule has 21 heavy (non-hydrogen) atoms. The highest BCUT2D eigenvalue weighted by atomic mass is 32.2. The Balaban J connectivity index is 2.15. The Morgan fingerprint density at radius 3 is 2.71 bits per heavy atom. The number of rotatable bonds is 5. The van der Waals surface area contributed by atoms with E-state index in [2.05, 4.69) is 18.9 Å². The summed E-state index contributed by atoms with van der Waals surface area (Å²) in [6.45, 7) is 4.82. The van der Waals surface area contributed by atoms with Crippen LogP contribution in [0.25, 0.3) is 0 Å². The zero-order valence-corrected chi connectivity index (χ0v) is 13.7. The third kappa shape index (κ3) is 4.11. The van der Waals surface area contributed by atoms with E-state index in [9.17, 15) is 4.79 Å². The minimum Gasteiger partial charge on any atom is -0.337 e. The number of aryl methyl sites for hydroxylation is 1. The summed E-state index contributed by atoms with van der Waals surface area (Å²) in [6, 6.07) is 7.79. The molecule has 1 heterocycles. The average molecular weight is 303 g/mol. The number of amides is 1. The van der Waals surface area contributed by atoms with Crippen molar-refractivity contribution >= 4 is 17.7 Å². The van der Waals surface area contributed by atoms with Gasteiger partial charge in [0.2, 0.25) is 0 Å². The Kier molecular flexibility index (Phi) is 5.07. The van der Waals surface area contributed by atoms with Crippen molar-refractivity contribution in [1.82, 2.24) is 14.7 Å². The fraction of sp³-hybridized carbons (Fsp3) is 0.375. The number of hydrogen-bond donors (Lipinski definition) is 0. The SMILES string of the molecule is CC(C)Sc1ccccc1C(=O)N(C)Cc1cnn(C)c1. The monoisotopic (exact) mass is 303 g/mol. The molecule has 0 aliphatic rings. The highest BCUT2D eigenvalue weighted by Crippen LogP contribution is 2.27. The third-order valence-electron chi connectivity index (χ3n) is 3.00. The maximum absolute atomic E-state index is 12.6. The van der Waals surface area contributed by atoms with Crippen molar-refractivity contribution in [3.63, 3.8) is 0 Å². The fourth-order valence-corrected chi connectivity index (χ4v) is 3.05. The standard InChI is InChI=1S/C16H21N3OS/c1-12(2)21-15-8-6-5-7-14(15)16(20)18(3)10-13-9-17-19(4)11-13/h5-9,11-12H,10H2,1-4H3. The van der Waals surface area contributed by atoms with Crippen LogP contribution < -0.4 is 0 Å². The summed E-state index contributed by atoms with van der Waals surface area (Å²) < 4.78 is 1.75. The molecule has 0 spiro atoms. The topological polar surface area (TPSA) is 38.1 Å². The van der Waals surface area contributed by atoms with Gasteiger partial charge < -0.3 is 4.90 Å². The molecule has 0 radical (unpaired) electrons. The van der Waals surface area contributed by atoms with E-state index in [1.165, 1.54) is 0 Å². The number of carbonyl (C=O) groups excluding carboxylic acids is 1. The van der Waals surface area contributed by atoms with Crippen molar-refractivity contribution in [2.45, 2.75) is 30.5 Å². The van der Waals surface area contributed by atoms with Crippen LogP contribution in [0.3, 0.4) is 0 Å². The molecule has 0 aliphatic carbocycles. The Morgan fingerprint density at radius 1 is 1.38 bits per heavy atom. The predicted octanol–water partition coefficient (Wildman–Crippen LogP) is 3.19. The molecule has 0 atom stereocenters. The van der Waals surface area contributed by atoms with Crippen molar-refractivity contribution in [1.29, 1.82) is 0 Å². The highest BCUT2D eigenvalue weighted by Gasteiger charge is 2.17. The van der Waals surface area contributed by atoms with Crippen LogP contribution in [0.2, 0.25) is 0 Å². The molecule has 1 amide bonds. The summed E-state index contributed by atoms with van der Waals surface area (Å²) in [4.78, 5) is 15.4. The highest BCUT2D eigenvalue weighted by molar-refractivity contribution is 8.00. The molecule has 0 fully saturated rings. The van der Waals surface area contributed by atoms with Crippen molar-refractivity contribution in [2.24, 2.45) is 7.05 Å². The molecule has 2 aromatic rings.